The van der Waals surface area contributed by atoms with E-state index in [0.29, 0.717) is 31.5 Å². The number of rotatable bonds is 5. The molecule has 1 saturated heterocycles. The SMILES string of the molecule is O=C(N[C@H]1CCCC[C@H]1Nc1c(C(=O)N2CCCCC2)cc(Br)cc1C(F)(F)F)c1cncc2ccccc12. The summed E-state index contributed by atoms with van der Waals surface area (Å²) in [6, 6.07) is 8.99. The van der Waals surface area contributed by atoms with Crippen LogP contribution in [0, 0.1) is 0 Å². The molecule has 0 bridgehead atoms. The average Bonchev–Trinajstić information content (AvgIpc) is 2.94. The number of anilines is 1. The summed E-state index contributed by atoms with van der Waals surface area (Å²) in [5.41, 5.74) is -0.712. The number of pyridine rings is 1. The van der Waals surface area contributed by atoms with Gasteiger partial charge in [-0.15, -0.1) is 0 Å². The van der Waals surface area contributed by atoms with Gasteiger partial charge in [-0.1, -0.05) is 53.0 Å². The smallest absolute Gasteiger partial charge is 0.379 e. The van der Waals surface area contributed by atoms with E-state index in [1.54, 1.807) is 11.1 Å². The van der Waals surface area contributed by atoms with Crippen LogP contribution in [0.4, 0.5) is 18.9 Å². The van der Waals surface area contributed by atoms with Crippen molar-refractivity contribution in [2.24, 2.45) is 0 Å². The number of carbonyl (C=O) groups is 2. The monoisotopic (exact) mass is 602 g/mol. The number of carbonyl (C=O) groups excluding carboxylic acids is 2. The number of alkyl halides is 3. The molecule has 2 heterocycles. The lowest BCUT2D eigenvalue weighted by atomic mass is 9.89. The molecule has 10 heteroatoms. The van der Waals surface area contributed by atoms with E-state index < -0.39 is 29.7 Å². The number of likely N-dealkylation sites (tertiary alicyclic amines) is 1. The third kappa shape index (κ3) is 6.05. The van der Waals surface area contributed by atoms with E-state index in [4.69, 9.17) is 0 Å². The minimum Gasteiger partial charge on any atom is -0.379 e. The highest BCUT2D eigenvalue weighted by atomic mass is 79.9. The number of fused-ring (bicyclic) bond motifs is 1. The van der Waals surface area contributed by atoms with Gasteiger partial charge in [0.25, 0.3) is 11.8 Å². The molecule has 2 fully saturated rings. The predicted octanol–water partition coefficient (Wildman–Crippen LogP) is 6.80. The van der Waals surface area contributed by atoms with Crippen molar-refractivity contribution in [1.29, 1.82) is 0 Å². The molecule has 6 nitrogen and oxygen atoms in total. The van der Waals surface area contributed by atoms with E-state index in [1.807, 2.05) is 24.3 Å². The van der Waals surface area contributed by atoms with Crippen LogP contribution < -0.4 is 10.6 Å². The number of piperidine rings is 1. The van der Waals surface area contributed by atoms with Gasteiger partial charge in [0.1, 0.15) is 0 Å². The van der Waals surface area contributed by atoms with E-state index in [9.17, 15) is 22.8 Å². The van der Waals surface area contributed by atoms with E-state index in [0.717, 1.165) is 48.9 Å². The van der Waals surface area contributed by atoms with Crippen molar-refractivity contribution in [2.45, 2.75) is 63.2 Å². The van der Waals surface area contributed by atoms with Crippen LogP contribution in [0.15, 0.2) is 53.3 Å². The summed E-state index contributed by atoms with van der Waals surface area (Å²) in [4.78, 5) is 32.7. The van der Waals surface area contributed by atoms with Crippen LogP contribution >= 0.6 is 15.9 Å². The van der Waals surface area contributed by atoms with Crippen LogP contribution in [0.5, 0.6) is 0 Å². The average molecular weight is 603 g/mol. The Bertz CT molecular complexity index is 1370. The molecule has 2 N–H and O–H groups in total. The van der Waals surface area contributed by atoms with Crippen LogP contribution in [-0.2, 0) is 6.18 Å². The Morgan fingerprint density at radius 3 is 2.38 bits per heavy atom. The van der Waals surface area contributed by atoms with Crippen molar-refractivity contribution in [3.63, 3.8) is 0 Å². The lowest BCUT2D eigenvalue weighted by molar-refractivity contribution is -0.137. The zero-order chi connectivity index (χ0) is 27.6. The molecule has 1 aliphatic carbocycles. The first-order valence-electron chi connectivity index (χ1n) is 13.3. The summed E-state index contributed by atoms with van der Waals surface area (Å²) in [6.45, 7) is 1.04. The van der Waals surface area contributed by atoms with Crippen LogP contribution in [0.1, 0.15) is 71.2 Å². The zero-order valence-corrected chi connectivity index (χ0v) is 22.9. The van der Waals surface area contributed by atoms with Crippen LogP contribution in [0.2, 0.25) is 0 Å². The number of hydrogen-bond acceptors (Lipinski definition) is 4. The van der Waals surface area contributed by atoms with Crippen molar-refractivity contribution in [2.75, 3.05) is 18.4 Å². The van der Waals surface area contributed by atoms with Gasteiger partial charge in [-0.25, -0.2) is 0 Å². The molecular formula is C29H30BrF3N4O2. The van der Waals surface area contributed by atoms with Crippen molar-refractivity contribution in [1.82, 2.24) is 15.2 Å². The largest absolute Gasteiger partial charge is 0.418 e. The van der Waals surface area contributed by atoms with Crippen molar-refractivity contribution < 1.29 is 22.8 Å². The number of nitrogens with one attached hydrogen (secondary N) is 2. The molecule has 0 spiro atoms. The standard InChI is InChI=1S/C29H30BrF3N4O2/c30-19-14-21(28(39)37-12-6-1-7-13-37)26(23(15-19)29(31,32)33)35-24-10-4-5-11-25(24)36-27(38)22-17-34-16-18-8-2-3-9-20(18)22/h2-3,8-9,14-17,24-25,35H,1,4-7,10-13H2,(H,36,38)/t24-,25+/m1/s1. The molecule has 1 aromatic heterocycles. The summed E-state index contributed by atoms with van der Waals surface area (Å²) in [5.74, 6) is -0.739. The Balaban J connectivity index is 1.46. The van der Waals surface area contributed by atoms with E-state index >= 15 is 0 Å². The van der Waals surface area contributed by atoms with Gasteiger partial charge in [0.2, 0.25) is 0 Å². The minimum atomic E-state index is -4.68. The van der Waals surface area contributed by atoms with Crippen molar-refractivity contribution in [3.8, 4) is 0 Å². The Morgan fingerprint density at radius 2 is 1.64 bits per heavy atom. The lowest BCUT2D eigenvalue weighted by Crippen LogP contribution is -2.49. The molecule has 2 atom stereocenters. The molecule has 2 aliphatic rings. The van der Waals surface area contributed by atoms with Gasteiger partial charge in [-0.05, 0) is 49.6 Å². The van der Waals surface area contributed by atoms with E-state index in [-0.39, 0.29) is 21.6 Å². The van der Waals surface area contributed by atoms with Gasteiger partial charge in [-0.2, -0.15) is 13.2 Å². The maximum atomic E-state index is 14.3. The summed E-state index contributed by atoms with van der Waals surface area (Å²) in [6.07, 6.45) is 3.97. The van der Waals surface area contributed by atoms with Crippen molar-refractivity contribution in [3.05, 3.63) is 70.0 Å². The van der Waals surface area contributed by atoms with Gasteiger partial charge in [0.05, 0.1) is 22.4 Å². The van der Waals surface area contributed by atoms with E-state index in [1.165, 1.54) is 12.3 Å². The van der Waals surface area contributed by atoms with E-state index in [2.05, 4.69) is 31.5 Å². The second kappa shape index (κ2) is 11.5. The molecule has 1 aliphatic heterocycles. The second-order valence-electron chi connectivity index (χ2n) is 10.2. The lowest BCUT2D eigenvalue weighted by Gasteiger charge is -2.35. The molecule has 1 saturated carbocycles. The highest BCUT2D eigenvalue weighted by molar-refractivity contribution is 9.10. The second-order valence-corrected chi connectivity index (χ2v) is 11.2. The highest BCUT2D eigenvalue weighted by Gasteiger charge is 2.38. The molecule has 5 rings (SSSR count). The Labute approximate surface area is 233 Å². The van der Waals surface area contributed by atoms with Gasteiger partial charge in [0.15, 0.2) is 0 Å². The molecule has 2 amide bonds. The normalized spacial score (nSPS) is 20.1. The summed E-state index contributed by atoms with van der Waals surface area (Å²) in [7, 11) is 0. The van der Waals surface area contributed by atoms with Crippen LogP contribution in [-0.4, -0.2) is 46.9 Å². The molecule has 39 heavy (non-hydrogen) atoms. The van der Waals surface area contributed by atoms with Gasteiger partial charge in [-0.3, -0.25) is 14.6 Å². The van der Waals surface area contributed by atoms with Gasteiger partial charge in [0, 0.05) is 47.4 Å². The highest BCUT2D eigenvalue weighted by Crippen LogP contribution is 2.40. The maximum Gasteiger partial charge on any atom is 0.418 e. The third-order valence-corrected chi connectivity index (χ3v) is 8.07. The molecule has 3 aromatic rings. The van der Waals surface area contributed by atoms with Gasteiger partial charge >= 0.3 is 6.18 Å². The first-order valence-corrected chi connectivity index (χ1v) is 14.1. The first-order chi connectivity index (χ1) is 18.7. The third-order valence-electron chi connectivity index (χ3n) is 7.61. The fourth-order valence-electron chi connectivity index (χ4n) is 5.63. The molecule has 0 radical (unpaired) electrons. The molecule has 0 unspecified atom stereocenters. The van der Waals surface area contributed by atoms with Gasteiger partial charge < -0.3 is 15.5 Å². The first kappa shape index (κ1) is 27.4. The van der Waals surface area contributed by atoms with Crippen molar-refractivity contribution >= 4 is 44.2 Å². The fraction of sp³-hybridized carbons (Fsp3) is 0.414. The molecule has 206 valence electrons. The topological polar surface area (TPSA) is 74.3 Å². The number of hydrogen-bond donors (Lipinski definition) is 2. The number of halogens is 4. The Kier molecular flexibility index (Phi) is 8.11. The number of benzene rings is 2. The number of amides is 2. The molecular weight excluding hydrogens is 573 g/mol. The fourth-order valence-corrected chi connectivity index (χ4v) is 6.09. The quantitative estimate of drug-likeness (QED) is 0.337. The van der Waals surface area contributed by atoms with Crippen LogP contribution in [0.25, 0.3) is 10.8 Å². The van der Waals surface area contributed by atoms with Crippen LogP contribution in [0.3, 0.4) is 0 Å². The Morgan fingerprint density at radius 1 is 0.923 bits per heavy atom. The summed E-state index contributed by atoms with van der Waals surface area (Å²) in [5, 5.41) is 7.73. The number of nitrogens with zero attached hydrogens (tertiary/aromatic N) is 2. The zero-order valence-electron chi connectivity index (χ0n) is 21.4. The minimum absolute atomic E-state index is 0.00694. The predicted molar refractivity (Wildman–Crippen MR) is 148 cm³/mol. The Hall–Kier alpha value is -3.14. The summed E-state index contributed by atoms with van der Waals surface area (Å²) >= 11 is 3.19. The summed E-state index contributed by atoms with van der Waals surface area (Å²) < 4.78 is 43.0. The molecule has 2 aromatic carbocycles. The maximum absolute atomic E-state index is 14.3. The number of aromatic nitrogens is 1.